The molecule has 1 aliphatic carbocycles. The molecule has 2 heterocycles. The average Bonchev–Trinajstić information content (AvgIpc) is 2.54. The van der Waals surface area contributed by atoms with Crippen molar-refractivity contribution in [2.75, 3.05) is 6.61 Å². The van der Waals surface area contributed by atoms with Crippen LogP contribution in [-0.4, -0.2) is 16.6 Å². The number of rotatable bonds is 1. The van der Waals surface area contributed by atoms with Gasteiger partial charge in [-0.05, 0) is 37.3 Å². The first-order valence-electron chi connectivity index (χ1n) is 7.63. The Morgan fingerprint density at radius 2 is 2.14 bits per heavy atom. The van der Waals surface area contributed by atoms with E-state index < -0.39 is 0 Å². The zero-order valence-corrected chi connectivity index (χ0v) is 12.0. The smallest absolute Gasteiger partial charge is 0.135 e. The number of aryl methyl sites for hydroxylation is 1. The minimum Gasteiger partial charge on any atom is -0.493 e. The minimum atomic E-state index is 0.103. The number of nitrogens with two attached hydrogens (primary N) is 1. The van der Waals surface area contributed by atoms with Crippen molar-refractivity contribution < 1.29 is 4.74 Å². The standard InChI is InChI=1S/C17H19N3O/c18-14-5-3-6-15-13(14)9-19-17(20-15)12-8-11-4-1-2-7-16(11)21-10-12/h1-2,4,7,9,12,14H,3,5-6,8,10,18H2. The monoisotopic (exact) mass is 281 g/mol. The third-order valence-electron chi connectivity index (χ3n) is 4.49. The van der Waals surface area contributed by atoms with Gasteiger partial charge in [-0.3, -0.25) is 0 Å². The van der Waals surface area contributed by atoms with E-state index in [4.69, 9.17) is 15.5 Å². The molecule has 4 nitrogen and oxygen atoms in total. The van der Waals surface area contributed by atoms with Crippen molar-refractivity contribution in [3.63, 3.8) is 0 Å². The van der Waals surface area contributed by atoms with E-state index in [9.17, 15) is 0 Å². The van der Waals surface area contributed by atoms with Crippen molar-refractivity contribution in [1.82, 2.24) is 9.97 Å². The molecule has 4 heteroatoms. The zero-order chi connectivity index (χ0) is 14.2. The van der Waals surface area contributed by atoms with Crippen LogP contribution >= 0.6 is 0 Å². The van der Waals surface area contributed by atoms with Crippen molar-refractivity contribution in [1.29, 1.82) is 0 Å². The van der Waals surface area contributed by atoms with E-state index in [1.165, 1.54) is 5.56 Å². The molecule has 4 rings (SSSR count). The second-order valence-electron chi connectivity index (χ2n) is 5.95. The quantitative estimate of drug-likeness (QED) is 0.872. The van der Waals surface area contributed by atoms with Crippen molar-refractivity contribution in [3.05, 3.63) is 53.1 Å². The molecule has 0 saturated carbocycles. The maximum absolute atomic E-state index is 6.13. The van der Waals surface area contributed by atoms with E-state index in [-0.39, 0.29) is 12.0 Å². The summed E-state index contributed by atoms with van der Waals surface area (Å²) < 4.78 is 5.85. The van der Waals surface area contributed by atoms with Gasteiger partial charge in [-0.25, -0.2) is 9.97 Å². The van der Waals surface area contributed by atoms with Crippen LogP contribution < -0.4 is 10.5 Å². The first kappa shape index (κ1) is 12.8. The van der Waals surface area contributed by atoms with Gasteiger partial charge in [0.15, 0.2) is 0 Å². The molecule has 1 aromatic carbocycles. The first-order valence-corrected chi connectivity index (χ1v) is 7.63. The molecule has 108 valence electrons. The summed E-state index contributed by atoms with van der Waals surface area (Å²) in [5.41, 5.74) is 9.64. The van der Waals surface area contributed by atoms with Crippen molar-refractivity contribution in [2.45, 2.75) is 37.6 Å². The fourth-order valence-electron chi connectivity index (χ4n) is 3.29. The molecule has 0 radical (unpaired) electrons. The number of benzene rings is 1. The number of hydrogen-bond donors (Lipinski definition) is 1. The highest BCUT2D eigenvalue weighted by atomic mass is 16.5. The van der Waals surface area contributed by atoms with Crippen LogP contribution in [0.4, 0.5) is 0 Å². The summed E-state index contributed by atoms with van der Waals surface area (Å²) in [6.45, 7) is 0.655. The Kier molecular flexibility index (Phi) is 3.11. The molecule has 0 bridgehead atoms. The first-order chi connectivity index (χ1) is 10.3. The second-order valence-corrected chi connectivity index (χ2v) is 5.95. The van der Waals surface area contributed by atoms with Crippen LogP contribution in [0.2, 0.25) is 0 Å². The lowest BCUT2D eigenvalue weighted by Crippen LogP contribution is -2.24. The fraction of sp³-hybridized carbons (Fsp3) is 0.412. The molecular formula is C17H19N3O. The Balaban J connectivity index is 1.63. The summed E-state index contributed by atoms with van der Waals surface area (Å²) >= 11 is 0. The largest absolute Gasteiger partial charge is 0.493 e. The number of aromatic nitrogens is 2. The molecule has 1 aromatic heterocycles. The van der Waals surface area contributed by atoms with Crippen molar-refractivity contribution in [2.24, 2.45) is 5.73 Å². The van der Waals surface area contributed by atoms with E-state index in [0.717, 1.165) is 48.5 Å². The molecule has 2 aliphatic rings. The van der Waals surface area contributed by atoms with E-state index in [0.29, 0.717) is 6.61 Å². The van der Waals surface area contributed by atoms with Gasteiger partial charge in [-0.1, -0.05) is 18.2 Å². The third-order valence-corrected chi connectivity index (χ3v) is 4.49. The van der Waals surface area contributed by atoms with Gasteiger partial charge in [0.1, 0.15) is 11.6 Å². The van der Waals surface area contributed by atoms with Crippen molar-refractivity contribution in [3.8, 4) is 5.75 Å². The maximum Gasteiger partial charge on any atom is 0.135 e. The van der Waals surface area contributed by atoms with Crippen LogP contribution in [-0.2, 0) is 12.8 Å². The summed E-state index contributed by atoms with van der Waals surface area (Å²) in [6.07, 6.45) is 6.05. The van der Waals surface area contributed by atoms with Crippen LogP contribution in [0.1, 0.15) is 47.4 Å². The predicted octanol–water partition coefficient (Wildman–Crippen LogP) is 2.53. The molecule has 2 N–H and O–H groups in total. The van der Waals surface area contributed by atoms with Gasteiger partial charge in [0.2, 0.25) is 0 Å². The lowest BCUT2D eigenvalue weighted by Gasteiger charge is -2.26. The van der Waals surface area contributed by atoms with Gasteiger partial charge in [-0.2, -0.15) is 0 Å². The summed E-state index contributed by atoms with van der Waals surface area (Å²) in [5, 5.41) is 0. The zero-order valence-electron chi connectivity index (χ0n) is 12.0. The summed E-state index contributed by atoms with van der Waals surface area (Å²) in [6, 6.07) is 8.31. The molecule has 0 spiro atoms. The van der Waals surface area contributed by atoms with Gasteiger partial charge < -0.3 is 10.5 Å². The highest BCUT2D eigenvalue weighted by molar-refractivity contribution is 5.36. The van der Waals surface area contributed by atoms with Crippen LogP contribution in [0.25, 0.3) is 0 Å². The molecular weight excluding hydrogens is 262 g/mol. The lowest BCUT2D eigenvalue weighted by atomic mass is 9.92. The second kappa shape index (κ2) is 5.11. The number of nitrogens with zero attached hydrogens (tertiary/aromatic N) is 2. The molecule has 21 heavy (non-hydrogen) atoms. The van der Waals surface area contributed by atoms with Gasteiger partial charge in [-0.15, -0.1) is 0 Å². The summed E-state index contributed by atoms with van der Waals surface area (Å²) in [5.74, 6) is 2.13. The van der Waals surface area contributed by atoms with Gasteiger partial charge in [0.05, 0.1) is 12.5 Å². The van der Waals surface area contributed by atoms with Crippen LogP contribution in [0.15, 0.2) is 30.5 Å². The van der Waals surface area contributed by atoms with E-state index in [1.807, 2.05) is 18.3 Å². The SMILES string of the molecule is NC1CCCc2nc(C3COc4ccccc4C3)ncc21. The van der Waals surface area contributed by atoms with E-state index >= 15 is 0 Å². The predicted molar refractivity (Wildman–Crippen MR) is 80.3 cm³/mol. The molecule has 0 saturated heterocycles. The highest BCUT2D eigenvalue weighted by Gasteiger charge is 2.25. The molecule has 2 atom stereocenters. The molecule has 2 unspecified atom stereocenters. The number of para-hydroxylation sites is 1. The maximum atomic E-state index is 6.13. The van der Waals surface area contributed by atoms with Crippen LogP contribution in [0.5, 0.6) is 5.75 Å². The Bertz CT molecular complexity index is 671. The Labute approximate surface area is 124 Å². The van der Waals surface area contributed by atoms with Gasteiger partial charge in [0, 0.05) is 23.5 Å². The highest BCUT2D eigenvalue weighted by Crippen LogP contribution is 2.32. The van der Waals surface area contributed by atoms with Gasteiger partial charge >= 0.3 is 0 Å². The molecule has 0 amide bonds. The fourth-order valence-corrected chi connectivity index (χ4v) is 3.29. The van der Waals surface area contributed by atoms with Crippen LogP contribution in [0.3, 0.4) is 0 Å². The molecule has 1 aliphatic heterocycles. The molecule has 0 fully saturated rings. The third kappa shape index (κ3) is 2.29. The van der Waals surface area contributed by atoms with Gasteiger partial charge in [0.25, 0.3) is 0 Å². The topological polar surface area (TPSA) is 61.0 Å². The Morgan fingerprint density at radius 1 is 1.24 bits per heavy atom. The Morgan fingerprint density at radius 3 is 3.10 bits per heavy atom. The molecule has 2 aromatic rings. The number of ether oxygens (including phenoxy) is 1. The van der Waals surface area contributed by atoms with E-state index in [1.54, 1.807) is 0 Å². The van der Waals surface area contributed by atoms with E-state index in [2.05, 4.69) is 17.1 Å². The summed E-state index contributed by atoms with van der Waals surface area (Å²) in [7, 11) is 0. The Hall–Kier alpha value is -1.94. The van der Waals surface area contributed by atoms with Crippen LogP contribution in [0, 0.1) is 0 Å². The normalized spacial score (nSPS) is 23.9. The minimum absolute atomic E-state index is 0.103. The summed E-state index contributed by atoms with van der Waals surface area (Å²) in [4.78, 5) is 9.36. The number of hydrogen-bond acceptors (Lipinski definition) is 4. The average molecular weight is 281 g/mol. The lowest BCUT2D eigenvalue weighted by molar-refractivity contribution is 0.257. The number of fused-ring (bicyclic) bond motifs is 2. The van der Waals surface area contributed by atoms with Crippen molar-refractivity contribution >= 4 is 0 Å².